The topological polar surface area (TPSA) is 65.4 Å². The average molecular weight is 329 g/mol. The van der Waals surface area contributed by atoms with E-state index in [-0.39, 0.29) is 11.9 Å². The SMILES string of the molecule is COc1ccc(OCCCC(=O)N[C@H]2CCc3nccn3C2)cc1. The lowest BCUT2D eigenvalue weighted by Gasteiger charge is -2.24. The van der Waals surface area contributed by atoms with Gasteiger partial charge in [0.1, 0.15) is 17.3 Å². The lowest BCUT2D eigenvalue weighted by Crippen LogP contribution is -2.40. The molecular formula is C18H23N3O3. The first-order valence-electron chi connectivity index (χ1n) is 8.31. The van der Waals surface area contributed by atoms with Crippen molar-refractivity contribution >= 4 is 5.91 Å². The average Bonchev–Trinajstić information content (AvgIpc) is 3.07. The van der Waals surface area contributed by atoms with Gasteiger partial charge in [0.25, 0.3) is 0 Å². The maximum Gasteiger partial charge on any atom is 0.220 e. The van der Waals surface area contributed by atoms with E-state index in [9.17, 15) is 4.79 Å². The molecule has 0 bridgehead atoms. The van der Waals surface area contributed by atoms with Crippen molar-refractivity contribution in [1.29, 1.82) is 0 Å². The number of hydrogen-bond acceptors (Lipinski definition) is 4. The molecule has 1 atom stereocenters. The van der Waals surface area contributed by atoms with Gasteiger partial charge in [-0.25, -0.2) is 4.98 Å². The Morgan fingerprint density at radius 1 is 1.33 bits per heavy atom. The van der Waals surface area contributed by atoms with E-state index in [2.05, 4.69) is 14.9 Å². The molecule has 0 unspecified atom stereocenters. The molecule has 0 fully saturated rings. The largest absolute Gasteiger partial charge is 0.497 e. The first-order valence-corrected chi connectivity index (χ1v) is 8.31. The Labute approximate surface area is 141 Å². The summed E-state index contributed by atoms with van der Waals surface area (Å²) >= 11 is 0. The number of carbonyl (C=O) groups is 1. The molecule has 1 N–H and O–H groups in total. The van der Waals surface area contributed by atoms with Gasteiger partial charge < -0.3 is 19.4 Å². The Hall–Kier alpha value is -2.50. The molecule has 1 aliphatic heterocycles. The third kappa shape index (κ3) is 4.28. The van der Waals surface area contributed by atoms with E-state index in [1.165, 1.54) is 0 Å². The Morgan fingerprint density at radius 3 is 2.92 bits per heavy atom. The van der Waals surface area contributed by atoms with Crippen LogP contribution in [0.2, 0.25) is 0 Å². The molecule has 24 heavy (non-hydrogen) atoms. The zero-order chi connectivity index (χ0) is 16.8. The van der Waals surface area contributed by atoms with Crippen molar-refractivity contribution in [3.63, 3.8) is 0 Å². The van der Waals surface area contributed by atoms with Crippen LogP contribution in [0.4, 0.5) is 0 Å². The normalized spacial score (nSPS) is 16.3. The zero-order valence-corrected chi connectivity index (χ0v) is 13.9. The molecule has 3 rings (SSSR count). The second kappa shape index (κ2) is 7.86. The minimum atomic E-state index is 0.0851. The van der Waals surface area contributed by atoms with Gasteiger partial charge in [-0.3, -0.25) is 4.79 Å². The summed E-state index contributed by atoms with van der Waals surface area (Å²) < 4.78 is 12.8. The number of benzene rings is 1. The van der Waals surface area contributed by atoms with Crippen LogP contribution in [0.15, 0.2) is 36.7 Å². The van der Waals surface area contributed by atoms with Crippen LogP contribution in [0, 0.1) is 0 Å². The van der Waals surface area contributed by atoms with Crippen molar-refractivity contribution in [2.24, 2.45) is 0 Å². The lowest BCUT2D eigenvalue weighted by atomic mass is 10.1. The van der Waals surface area contributed by atoms with Crippen LogP contribution in [-0.2, 0) is 17.8 Å². The van der Waals surface area contributed by atoms with Gasteiger partial charge in [0, 0.05) is 37.8 Å². The highest BCUT2D eigenvalue weighted by atomic mass is 16.5. The highest BCUT2D eigenvalue weighted by molar-refractivity contribution is 5.76. The Morgan fingerprint density at radius 2 is 2.12 bits per heavy atom. The molecule has 6 heteroatoms. The highest BCUT2D eigenvalue weighted by Crippen LogP contribution is 2.17. The Bertz CT molecular complexity index is 666. The molecule has 2 aromatic rings. The molecule has 6 nitrogen and oxygen atoms in total. The van der Waals surface area contributed by atoms with E-state index < -0.39 is 0 Å². The summed E-state index contributed by atoms with van der Waals surface area (Å²) in [6, 6.07) is 7.64. The van der Waals surface area contributed by atoms with Crippen molar-refractivity contribution in [2.75, 3.05) is 13.7 Å². The van der Waals surface area contributed by atoms with Crippen LogP contribution in [0.3, 0.4) is 0 Å². The molecule has 1 aromatic carbocycles. The number of aromatic nitrogens is 2. The predicted octanol–water partition coefficient (Wildman–Crippen LogP) is 2.18. The molecular weight excluding hydrogens is 306 g/mol. The quantitative estimate of drug-likeness (QED) is 0.791. The van der Waals surface area contributed by atoms with Gasteiger partial charge in [0.05, 0.1) is 13.7 Å². The van der Waals surface area contributed by atoms with Crippen molar-refractivity contribution in [3.8, 4) is 11.5 Å². The highest BCUT2D eigenvalue weighted by Gasteiger charge is 2.19. The van der Waals surface area contributed by atoms with Crippen LogP contribution in [0.5, 0.6) is 11.5 Å². The molecule has 2 heterocycles. The van der Waals surface area contributed by atoms with E-state index in [1.54, 1.807) is 7.11 Å². The maximum atomic E-state index is 12.0. The zero-order valence-electron chi connectivity index (χ0n) is 13.9. The number of nitrogens with one attached hydrogen (secondary N) is 1. The molecule has 0 aliphatic carbocycles. The molecule has 0 radical (unpaired) electrons. The maximum absolute atomic E-state index is 12.0. The second-order valence-electron chi connectivity index (χ2n) is 5.93. The fourth-order valence-corrected chi connectivity index (χ4v) is 2.88. The van der Waals surface area contributed by atoms with E-state index in [0.717, 1.165) is 36.7 Å². The van der Waals surface area contributed by atoms with Gasteiger partial charge in [-0.05, 0) is 37.1 Å². The van der Waals surface area contributed by atoms with E-state index in [0.29, 0.717) is 19.4 Å². The number of aryl methyl sites for hydroxylation is 1. The summed E-state index contributed by atoms with van der Waals surface area (Å²) in [6.07, 6.45) is 6.82. The van der Waals surface area contributed by atoms with Gasteiger partial charge in [-0.1, -0.05) is 0 Å². The Kier molecular flexibility index (Phi) is 5.36. The minimum absolute atomic E-state index is 0.0851. The Balaban J connectivity index is 1.34. The standard InChI is InChI=1S/C18H23N3O3/c1-23-15-5-7-16(8-6-15)24-12-2-3-18(22)20-14-4-9-17-19-10-11-21(17)13-14/h5-8,10-11,14H,2-4,9,12-13H2,1H3,(H,20,22)/t14-/m0/s1. The van der Waals surface area contributed by atoms with E-state index in [1.807, 2.05) is 36.7 Å². The summed E-state index contributed by atoms with van der Waals surface area (Å²) in [7, 11) is 1.63. The number of amides is 1. The van der Waals surface area contributed by atoms with E-state index >= 15 is 0 Å². The second-order valence-corrected chi connectivity index (χ2v) is 5.93. The van der Waals surface area contributed by atoms with E-state index in [4.69, 9.17) is 9.47 Å². The molecule has 0 saturated carbocycles. The third-order valence-corrected chi connectivity index (χ3v) is 4.18. The summed E-state index contributed by atoms with van der Waals surface area (Å²) in [4.78, 5) is 16.3. The van der Waals surface area contributed by atoms with Crippen molar-refractivity contribution in [3.05, 3.63) is 42.5 Å². The monoisotopic (exact) mass is 329 g/mol. The van der Waals surface area contributed by atoms with Gasteiger partial charge in [-0.15, -0.1) is 0 Å². The fraction of sp³-hybridized carbons (Fsp3) is 0.444. The van der Waals surface area contributed by atoms with Gasteiger partial charge in [0.15, 0.2) is 0 Å². The van der Waals surface area contributed by atoms with Gasteiger partial charge >= 0.3 is 0 Å². The van der Waals surface area contributed by atoms with Gasteiger partial charge in [-0.2, -0.15) is 0 Å². The smallest absolute Gasteiger partial charge is 0.220 e. The molecule has 0 spiro atoms. The third-order valence-electron chi connectivity index (χ3n) is 4.18. The minimum Gasteiger partial charge on any atom is -0.497 e. The van der Waals surface area contributed by atoms with Crippen molar-refractivity contribution in [2.45, 2.75) is 38.3 Å². The van der Waals surface area contributed by atoms with Crippen LogP contribution in [-0.4, -0.2) is 35.2 Å². The first-order chi connectivity index (χ1) is 11.7. The number of ether oxygens (including phenoxy) is 2. The first kappa shape index (κ1) is 16.4. The molecule has 1 aliphatic rings. The number of nitrogens with zero attached hydrogens (tertiary/aromatic N) is 2. The summed E-state index contributed by atoms with van der Waals surface area (Å²) in [6.45, 7) is 1.33. The predicted molar refractivity (Wildman–Crippen MR) is 90.2 cm³/mol. The van der Waals surface area contributed by atoms with Crippen LogP contribution < -0.4 is 14.8 Å². The summed E-state index contributed by atoms with van der Waals surface area (Å²) in [5.74, 6) is 2.78. The molecule has 1 aromatic heterocycles. The fourth-order valence-electron chi connectivity index (χ4n) is 2.88. The molecule has 1 amide bonds. The number of carbonyl (C=O) groups excluding carboxylic acids is 1. The van der Waals surface area contributed by atoms with Gasteiger partial charge in [0.2, 0.25) is 5.91 Å². The number of methoxy groups -OCH3 is 1. The number of fused-ring (bicyclic) bond motifs is 1. The summed E-state index contributed by atoms with van der Waals surface area (Å²) in [5.41, 5.74) is 0. The number of hydrogen-bond donors (Lipinski definition) is 1. The number of imidazole rings is 1. The summed E-state index contributed by atoms with van der Waals surface area (Å²) in [5, 5.41) is 3.10. The van der Waals surface area contributed by atoms with Crippen molar-refractivity contribution in [1.82, 2.24) is 14.9 Å². The lowest BCUT2D eigenvalue weighted by molar-refractivity contribution is -0.122. The van der Waals surface area contributed by atoms with Crippen LogP contribution in [0.1, 0.15) is 25.1 Å². The number of rotatable bonds is 7. The van der Waals surface area contributed by atoms with Crippen LogP contribution in [0.25, 0.3) is 0 Å². The van der Waals surface area contributed by atoms with Crippen LogP contribution >= 0.6 is 0 Å². The van der Waals surface area contributed by atoms with Crippen molar-refractivity contribution < 1.29 is 14.3 Å². The molecule has 0 saturated heterocycles. The molecule has 128 valence electrons.